The fourth-order valence-corrected chi connectivity index (χ4v) is 4.79. The van der Waals surface area contributed by atoms with Crippen molar-refractivity contribution in [3.05, 3.63) is 59.5 Å². The van der Waals surface area contributed by atoms with Gasteiger partial charge >= 0.3 is 6.09 Å². The lowest BCUT2D eigenvalue weighted by Crippen LogP contribution is -2.53. The molecule has 0 spiro atoms. The van der Waals surface area contributed by atoms with Crippen LogP contribution in [-0.4, -0.2) is 48.2 Å². The minimum atomic E-state index is -0.190. The summed E-state index contributed by atoms with van der Waals surface area (Å²) >= 11 is 0. The van der Waals surface area contributed by atoms with Gasteiger partial charge in [-0.1, -0.05) is 24.3 Å². The Balaban J connectivity index is 1.41. The molecule has 3 saturated heterocycles. The Bertz CT molecular complexity index is 780. The molecule has 5 heteroatoms. The number of hydrogen-bond donors (Lipinski definition) is 0. The molecule has 0 N–H and O–H groups in total. The van der Waals surface area contributed by atoms with Gasteiger partial charge < -0.3 is 9.15 Å². The van der Waals surface area contributed by atoms with Gasteiger partial charge in [-0.2, -0.15) is 0 Å². The fraction of sp³-hybridized carbons (Fsp3) is 0.476. The van der Waals surface area contributed by atoms with Crippen LogP contribution in [0.4, 0.5) is 4.79 Å². The number of furan rings is 1. The van der Waals surface area contributed by atoms with Gasteiger partial charge in [0.05, 0.1) is 18.6 Å². The normalized spacial score (nSPS) is 30.1. The largest absolute Gasteiger partial charge is 0.472 e. The molecule has 6 rings (SSSR count). The van der Waals surface area contributed by atoms with Crippen LogP contribution in [0.15, 0.2) is 47.3 Å². The second-order valence-corrected chi connectivity index (χ2v) is 7.66. The number of carbonyl (C=O) groups is 1. The van der Waals surface area contributed by atoms with Crippen molar-refractivity contribution in [3.63, 3.8) is 0 Å². The first-order valence-corrected chi connectivity index (χ1v) is 9.59. The summed E-state index contributed by atoms with van der Waals surface area (Å²) in [5, 5.41) is 0. The Hall–Kier alpha value is -2.27. The summed E-state index contributed by atoms with van der Waals surface area (Å²) in [4.78, 5) is 17.4. The minimum absolute atomic E-state index is 0.0344. The lowest BCUT2D eigenvalue weighted by atomic mass is 9.86. The van der Waals surface area contributed by atoms with E-state index >= 15 is 0 Å². The molecule has 2 aromatic rings. The number of benzene rings is 1. The van der Waals surface area contributed by atoms with E-state index in [2.05, 4.69) is 23.1 Å². The zero-order valence-electron chi connectivity index (χ0n) is 14.8. The second kappa shape index (κ2) is 6.47. The highest BCUT2D eigenvalue weighted by Gasteiger charge is 2.39. The number of amides is 1. The van der Waals surface area contributed by atoms with E-state index in [4.69, 9.17) is 9.15 Å². The van der Waals surface area contributed by atoms with Crippen LogP contribution in [0, 0.1) is 5.92 Å². The van der Waals surface area contributed by atoms with Crippen LogP contribution in [0.5, 0.6) is 0 Å². The summed E-state index contributed by atoms with van der Waals surface area (Å²) in [6, 6.07) is 10.2. The standard InChI is InChI=1S/C21H24N2O3/c24-21(26-19-13-22-9-5-16(19)6-10-22)23-11-7-15-3-1-2-4-18(15)20(23)17-8-12-25-14-17/h1-4,8,12,14,16,19-20H,5-7,9-11,13H2/t19-,20?/m0/s1. The monoisotopic (exact) mass is 352 g/mol. The van der Waals surface area contributed by atoms with Gasteiger partial charge in [0.2, 0.25) is 0 Å². The third-order valence-corrected chi connectivity index (χ3v) is 6.23. The van der Waals surface area contributed by atoms with Crippen LogP contribution in [0.25, 0.3) is 0 Å². The lowest BCUT2D eigenvalue weighted by Gasteiger charge is -2.45. The van der Waals surface area contributed by atoms with Crippen molar-refractivity contribution in [2.75, 3.05) is 26.2 Å². The van der Waals surface area contributed by atoms with Gasteiger partial charge in [0, 0.05) is 18.7 Å². The fourth-order valence-electron chi connectivity index (χ4n) is 4.79. The van der Waals surface area contributed by atoms with E-state index in [1.165, 1.54) is 11.1 Å². The maximum Gasteiger partial charge on any atom is 0.410 e. The van der Waals surface area contributed by atoms with Crippen molar-refractivity contribution in [2.45, 2.75) is 31.4 Å². The van der Waals surface area contributed by atoms with Gasteiger partial charge in [-0.05, 0) is 55.5 Å². The van der Waals surface area contributed by atoms with Gasteiger partial charge in [-0.15, -0.1) is 0 Å². The first kappa shape index (κ1) is 15.9. The summed E-state index contributed by atoms with van der Waals surface area (Å²) in [6.07, 6.45) is 6.40. The summed E-state index contributed by atoms with van der Waals surface area (Å²) in [7, 11) is 0. The number of rotatable bonds is 2. The highest BCUT2D eigenvalue weighted by molar-refractivity contribution is 5.70. The molecule has 0 aliphatic carbocycles. The molecule has 0 radical (unpaired) electrons. The summed E-state index contributed by atoms with van der Waals surface area (Å²) in [5.74, 6) is 0.522. The smallest absolute Gasteiger partial charge is 0.410 e. The number of ether oxygens (including phenoxy) is 1. The highest BCUT2D eigenvalue weighted by atomic mass is 16.6. The third kappa shape index (κ3) is 2.71. The number of piperidine rings is 3. The van der Waals surface area contributed by atoms with Gasteiger partial charge in [0.15, 0.2) is 0 Å². The molecule has 4 aliphatic rings. The SMILES string of the molecule is O=C(O[C@H]1CN2CCC1CC2)N1CCc2ccccc2C1c1ccoc1. The van der Waals surface area contributed by atoms with Crippen LogP contribution >= 0.6 is 0 Å². The van der Waals surface area contributed by atoms with Crippen molar-refractivity contribution >= 4 is 6.09 Å². The van der Waals surface area contributed by atoms with Gasteiger partial charge in [0.1, 0.15) is 6.10 Å². The minimum Gasteiger partial charge on any atom is -0.472 e. The van der Waals surface area contributed by atoms with Gasteiger partial charge in [0.25, 0.3) is 0 Å². The number of carbonyl (C=O) groups excluding carboxylic acids is 1. The van der Waals surface area contributed by atoms with E-state index in [0.717, 1.165) is 44.5 Å². The molecule has 2 atom stereocenters. The van der Waals surface area contributed by atoms with Crippen molar-refractivity contribution in [1.82, 2.24) is 9.80 Å². The molecule has 5 heterocycles. The topological polar surface area (TPSA) is 45.9 Å². The Morgan fingerprint density at radius 1 is 1.12 bits per heavy atom. The molecule has 0 saturated carbocycles. The molecule has 2 bridgehead atoms. The molecule has 4 aliphatic heterocycles. The van der Waals surface area contributed by atoms with Crippen molar-refractivity contribution in [2.24, 2.45) is 5.92 Å². The van der Waals surface area contributed by atoms with Crippen LogP contribution in [0.3, 0.4) is 0 Å². The summed E-state index contributed by atoms with van der Waals surface area (Å²) in [6.45, 7) is 3.85. The van der Waals surface area contributed by atoms with Crippen LogP contribution < -0.4 is 0 Å². The zero-order chi connectivity index (χ0) is 17.5. The molecular weight excluding hydrogens is 328 g/mol. The van der Waals surface area contributed by atoms with E-state index in [1.54, 1.807) is 12.5 Å². The van der Waals surface area contributed by atoms with Crippen molar-refractivity contribution < 1.29 is 13.9 Å². The molecule has 26 heavy (non-hydrogen) atoms. The molecule has 5 nitrogen and oxygen atoms in total. The molecule has 1 unspecified atom stereocenters. The van der Waals surface area contributed by atoms with E-state index in [1.807, 2.05) is 17.0 Å². The first-order chi connectivity index (χ1) is 12.8. The quantitative estimate of drug-likeness (QED) is 0.830. The summed E-state index contributed by atoms with van der Waals surface area (Å²) in [5.41, 5.74) is 3.47. The van der Waals surface area contributed by atoms with Crippen molar-refractivity contribution in [3.8, 4) is 0 Å². The predicted molar refractivity (Wildman–Crippen MR) is 96.8 cm³/mol. The third-order valence-electron chi connectivity index (χ3n) is 6.23. The van der Waals surface area contributed by atoms with Crippen LogP contribution in [-0.2, 0) is 11.2 Å². The lowest BCUT2D eigenvalue weighted by molar-refractivity contribution is -0.0462. The van der Waals surface area contributed by atoms with Gasteiger partial charge in [-0.3, -0.25) is 9.80 Å². The highest BCUT2D eigenvalue weighted by Crippen LogP contribution is 2.37. The van der Waals surface area contributed by atoms with Crippen molar-refractivity contribution in [1.29, 1.82) is 0 Å². The van der Waals surface area contributed by atoms with E-state index in [-0.39, 0.29) is 18.2 Å². The Labute approximate surface area is 153 Å². The van der Waals surface area contributed by atoms with Crippen LogP contribution in [0.2, 0.25) is 0 Å². The number of nitrogens with zero attached hydrogens (tertiary/aromatic N) is 2. The molecule has 136 valence electrons. The molecule has 1 amide bonds. The predicted octanol–water partition coefficient (Wildman–Crippen LogP) is 3.46. The molecule has 3 fully saturated rings. The first-order valence-electron chi connectivity index (χ1n) is 9.59. The molecule has 1 aromatic heterocycles. The van der Waals surface area contributed by atoms with E-state index in [9.17, 15) is 4.79 Å². The Morgan fingerprint density at radius 2 is 1.96 bits per heavy atom. The van der Waals surface area contributed by atoms with E-state index < -0.39 is 0 Å². The van der Waals surface area contributed by atoms with E-state index in [0.29, 0.717) is 12.5 Å². The number of fused-ring (bicyclic) bond motifs is 4. The molecule has 1 aromatic carbocycles. The molecular formula is C21H24N2O3. The summed E-state index contributed by atoms with van der Waals surface area (Å²) < 4.78 is 11.3. The van der Waals surface area contributed by atoms with Crippen LogP contribution in [0.1, 0.15) is 35.6 Å². The maximum absolute atomic E-state index is 13.1. The Morgan fingerprint density at radius 3 is 2.69 bits per heavy atom. The Kier molecular flexibility index (Phi) is 3.97. The average Bonchev–Trinajstić information content (AvgIpc) is 3.22. The number of hydrogen-bond acceptors (Lipinski definition) is 4. The zero-order valence-corrected chi connectivity index (χ0v) is 14.8. The maximum atomic E-state index is 13.1. The average molecular weight is 352 g/mol. The second-order valence-electron chi connectivity index (χ2n) is 7.66. The van der Waals surface area contributed by atoms with Gasteiger partial charge in [-0.25, -0.2) is 4.79 Å².